The van der Waals surface area contributed by atoms with E-state index in [0.717, 1.165) is 24.8 Å². The highest BCUT2D eigenvalue weighted by molar-refractivity contribution is 7.99. The van der Waals surface area contributed by atoms with E-state index in [9.17, 15) is 0 Å². The first-order valence-electron chi connectivity index (χ1n) is 8.37. The van der Waals surface area contributed by atoms with Crippen LogP contribution in [0.3, 0.4) is 0 Å². The fourth-order valence-electron chi connectivity index (χ4n) is 2.93. The normalized spacial score (nSPS) is 17.6. The summed E-state index contributed by atoms with van der Waals surface area (Å²) in [6, 6.07) is 9.17. The molecule has 0 aliphatic carbocycles. The Morgan fingerprint density at radius 2 is 1.90 bits per heavy atom. The van der Waals surface area contributed by atoms with Crippen LogP contribution in [-0.2, 0) is 0 Å². The van der Waals surface area contributed by atoms with Crippen molar-refractivity contribution >= 4 is 11.8 Å². The van der Waals surface area contributed by atoms with Gasteiger partial charge in [-0.3, -0.25) is 0 Å². The van der Waals surface area contributed by atoms with E-state index in [0.29, 0.717) is 6.04 Å². The van der Waals surface area contributed by atoms with Crippen LogP contribution in [0.4, 0.5) is 0 Å². The first kappa shape index (κ1) is 16.7. The number of thioether (sulfide) groups is 1. The van der Waals surface area contributed by atoms with Crippen LogP contribution in [0, 0.1) is 5.92 Å². The van der Waals surface area contributed by atoms with E-state index in [4.69, 9.17) is 4.74 Å². The molecule has 1 fully saturated rings. The number of benzene rings is 1. The van der Waals surface area contributed by atoms with Gasteiger partial charge >= 0.3 is 0 Å². The van der Waals surface area contributed by atoms with Gasteiger partial charge in [-0.25, -0.2) is 0 Å². The molecular weight excluding hydrogens is 278 g/mol. The minimum Gasteiger partial charge on any atom is -0.494 e. The molecule has 2 rings (SSSR count). The molecule has 1 heterocycles. The lowest BCUT2D eigenvalue weighted by atomic mass is 9.90. The topological polar surface area (TPSA) is 21.3 Å². The lowest BCUT2D eigenvalue weighted by Crippen LogP contribution is -2.25. The highest BCUT2D eigenvalue weighted by atomic mass is 32.2. The summed E-state index contributed by atoms with van der Waals surface area (Å²) in [6.07, 6.45) is 5.22. The summed E-state index contributed by atoms with van der Waals surface area (Å²) in [4.78, 5) is 0. The van der Waals surface area contributed by atoms with Crippen molar-refractivity contribution in [3.05, 3.63) is 29.8 Å². The summed E-state index contributed by atoms with van der Waals surface area (Å²) in [5.74, 6) is 4.54. The molecule has 0 bridgehead atoms. The molecule has 1 aromatic carbocycles. The first-order valence-corrected chi connectivity index (χ1v) is 9.52. The molecule has 0 aromatic heterocycles. The second-order valence-corrected chi connectivity index (χ2v) is 7.02. The van der Waals surface area contributed by atoms with Gasteiger partial charge < -0.3 is 10.1 Å². The Morgan fingerprint density at radius 1 is 1.19 bits per heavy atom. The number of hydrogen-bond donors (Lipinski definition) is 1. The van der Waals surface area contributed by atoms with Crippen molar-refractivity contribution in [2.24, 2.45) is 5.92 Å². The van der Waals surface area contributed by atoms with E-state index < -0.39 is 0 Å². The minimum absolute atomic E-state index is 0.494. The summed E-state index contributed by atoms with van der Waals surface area (Å²) in [5, 5.41) is 3.74. The fourth-order valence-corrected chi connectivity index (χ4v) is 4.14. The Bertz CT molecular complexity index is 387. The quantitative estimate of drug-likeness (QED) is 0.755. The van der Waals surface area contributed by atoms with Crippen LogP contribution >= 0.6 is 11.8 Å². The zero-order valence-electron chi connectivity index (χ0n) is 13.4. The third-order valence-corrected chi connectivity index (χ3v) is 5.19. The lowest BCUT2D eigenvalue weighted by Gasteiger charge is -2.27. The molecule has 21 heavy (non-hydrogen) atoms. The van der Waals surface area contributed by atoms with Crippen molar-refractivity contribution in [2.45, 2.75) is 45.6 Å². The van der Waals surface area contributed by atoms with E-state index in [1.165, 1.54) is 42.8 Å². The van der Waals surface area contributed by atoms with Crippen LogP contribution in [0.25, 0.3) is 0 Å². The predicted octanol–water partition coefficient (Wildman–Crippen LogP) is 4.66. The van der Waals surface area contributed by atoms with Crippen molar-refractivity contribution in [2.75, 3.05) is 24.7 Å². The SMILES string of the molecule is CCCNC(CC1CCSCC1)c1ccc(OCC)cc1. The summed E-state index contributed by atoms with van der Waals surface area (Å²) < 4.78 is 5.55. The largest absolute Gasteiger partial charge is 0.494 e. The van der Waals surface area contributed by atoms with E-state index >= 15 is 0 Å². The van der Waals surface area contributed by atoms with E-state index in [2.05, 4.69) is 48.3 Å². The monoisotopic (exact) mass is 307 g/mol. The average Bonchev–Trinajstić information content (AvgIpc) is 2.53. The standard InChI is InChI=1S/C18H29NOS/c1-3-11-19-18(14-15-9-12-21-13-10-15)16-5-7-17(8-6-16)20-4-2/h5-8,15,18-19H,3-4,9-14H2,1-2H3. The van der Waals surface area contributed by atoms with Gasteiger partial charge in [0.25, 0.3) is 0 Å². The van der Waals surface area contributed by atoms with Gasteiger partial charge in [0.05, 0.1) is 6.61 Å². The molecule has 1 atom stereocenters. The Kier molecular flexibility index (Phi) is 7.45. The fraction of sp³-hybridized carbons (Fsp3) is 0.667. The highest BCUT2D eigenvalue weighted by Gasteiger charge is 2.20. The second kappa shape index (κ2) is 9.37. The van der Waals surface area contributed by atoms with Gasteiger partial charge in [0.2, 0.25) is 0 Å². The third kappa shape index (κ3) is 5.55. The summed E-state index contributed by atoms with van der Waals surface area (Å²) in [6.45, 7) is 6.09. The van der Waals surface area contributed by atoms with Gasteiger partial charge in [-0.05, 0) is 74.3 Å². The van der Waals surface area contributed by atoms with Gasteiger partial charge in [0, 0.05) is 6.04 Å². The third-order valence-electron chi connectivity index (χ3n) is 4.14. The Labute approximate surface area is 134 Å². The summed E-state index contributed by atoms with van der Waals surface area (Å²) in [5.41, 5.74) is 1.41. The first-order chi connectivity index (χ1) is 10.3. The van der Waals surface area contributed by atoms with Gasteiger partial charge in [-0.2, -0.15) is 11.8 Å². The Hall–Kier alpha value is -0.670. The van der Waals surface area contributed by atoms with Crippen molar-refractivity contribution in [1.82, 2.24) is 5.32 Å². The molecule has 0 radical (unpaired) electrons. The van der Waals surface area contributed by atoms with E-state index in [1.54, 1.807) is 0 Å². The summed E-state index contributed by atoms with van der Waals surface area (Å²) in [7, 11) is 0. The molecule has 0 saturated carbocycles. The molecule has 1 aromatic rings. The van der Waals surface area contributed by atoms with Crippen LogP contribution in [-0.4, -0.2) is 24.7 Å². The van der Waals surface area contributed by atoms with Crippen LogP contribution in [0.1, 0.15) is 51.1 Å². The molecule has 1 saturated heterocycles. The zero-order valence-corrected chi connectivity index (χ0v) is 14.3. The van der Waals surface area contributed by atoms with E-state index in [-0.39, 0.29) is 0 Å². The number of rotatable bonds is 8. The van der Waals surface area contributed by atoms with Crippen LogP contribution in [0.5, 0.6) is 5.75 Å². The van der Waals surface area contributed by atoms with Crippen molar-refractivity contribution in [1.29, 1.82) is 0 Å². The molecule has 1 unspecified atom stereocenters. The molecule has 0 amide bonds. The van der Waals surface area contributed by atoms with Crippen LogP contribution in [0.15, 0.2) is 24.3 Å². The molecule has 118 valence electrons. The molecule has 0 spiro atoms. The Morgan fingerprint density at radius 3 is 2.52 bits per heavy atom. The molecule has 2 nitrogen and oxygen atoms in total. The highest BCUT2D eigenvalue weighted by Crippen LogP contribution is 2.31. The van der Waals surface area contributed by atoms with Crippen LogP contribution in [0.2, 0.25) is 0 Å². The molecular formula is C18H29NOS. The molecule has 1 N–H and O–H groups in total. The second-order valence-electron chi connectivity index (χ2n) is 5.80. The van der Waals surface area contributed by atoms with Gasteiger partial charge in [0.1, 0.15) is 5.75 Å². The van der Waals surface area contributed by atoms with Gasteiger partial charge in [-0.1, -0.05) is 19.1 Å². The average molecular weight is 308 g/mol. The zero-order chi connectivity index (χ0) is 14.9. The predicted molar refractivity (Wildman–Crippen MR) is 93.3 cm³/mol. The summed E-state index contributed by atoms with van der Waals surface area (Å²) >= 11 is 2.11. The maximum atomic E-state index is 5.55. The van der Waals surface area contributed by atoms with Gasteiger partial charge in [0.15, 0.2) is 0 Å². The smallest absolute Gasteiger partial charge is 0.119 e. The number of hydrogen-bond acceptors (Lipinski definition) is 3. The van der Waals surface area contributed by atoms with Gasteiger partial charge in [-0.15, -0.1) is 0 Å². The Balaban J connectivity index is 1.99. The van der Waals surface area contributed by atoms with Crippen molar-refractivity contribution in [3.8, 4) is 5.75 Å². The van der Waals surface area contributed by atoms with Crippen molar-refractivity contribution in [3.63, 3.8) is 0 Å². The van der Waals surface area contributed by atoms with E-state index in [1.807, 2.05) is 6.92 Å². The maximum absolute atomic E-state index is 5.55. The lowest BCUT2D eigenvalue weighted by molar-refractivity contribution is 0.339. The number of nitrogens with one attached hydrogen (secondary N) is 1. The molecule has 1 aliphatic heterocycles. The maximum Gasteiger partial charge on any atom is 0.119 e. The number of ether oxygens (including phenoxy) is 1. The molecule has 3 heteroatoms. The van der Waals surface area contributed by atoms with Crippen LogP contribution < -0.4 is 10.1 Å². The van der Waals surface area contributed by atoms with Crippen molar-refractivity contribution < 1.29 is 4.74 Å². The minimum atomic E-state index is 0.494. The molecule has 1 aliphatic rings.